The molecule has 2 heterocycles. The topological polar surface area (TPSA) is 74.8 Å². The van der Waals surface area contributed by atoms with Crippen molar-refractivity contribution in [2.75, 3.05) is 12.3 Å². The molecule has 2 bridgehead atoms. The van der Waals surface area contributed by atoms with E-state index in [9.17, 15) is 9.59 Å². The Morgan fingerprint density at radius 1 is 1.24 bits per heavy atom. The van der Waals surface area contributed by atoms with Gasteiger partial charge in [-0.2, -0.15) is 0 Å². The van der Waals surface area contributed by atoms with Crippen molar-refractivity contribution >= 4 is 39.2 Å². The van der Waals surface area contributed by atoms with E-state index in [-0.39, 0.29) is 11.5 Å². The molecular weight excluding hydrogens is 402 g/mol. The minimum absolute atomic E-state index is 0.0136. The number of rotatable bonds is 7. The first kappa shape index (κ1) is 19.6. The summed E-state index contributed by atoms with van der Waals surface area (Å²) in [7, 11) is 0. The first-order valence-corrected chi connectivity index (χ1v) is 13.0. The predicted octanol–water partition coefficient (Wildman–Crippen LogP) is 4.04. The summed E-state index contributed by atoms with van der Waals surface area (Å²) in [4.78, 5) is 34.6. The van der Waals surface area contributed by atoms with Crippen molar-refractivity contribution in [3.05, 3.63) is 26.6 Å². The SMILES string of the molecule is O=C(CSCc1nc2sc3c(c2c(=O)[nH]1)CCCC3)NCCC1CC2CCC1C2. The van der Waals surface area contributed by atoms with Crippen molar-refractivity contribution in [2.24, 2.45) is 17.8 Å². The van der Waals surface area contributed by atoms with Gasteiger partial charge in [0.05, 0.1) is 16.9 Å². The van der Waals surface area contributed by atoms with Crippen LogP contribution < -0.4 is 10.9 Å². The number of carbonyl (C=O) groups is 1. The standard InChI is InChI=1S/C22H29N3O2S2/c26-19(23-8-7-15-10-13-5-6-14(15)9-13)12-28-11-18-24-21(27)20-16-3-1-2-4-17(16)29-22(20)25-18/h13-15H,1-12H2,(H,23,26)(H,24,25,27). The maximum Gasteiger partial charge on any atom is 0.259 e. The second-order valence-electron chi connectivity index (χ2n) is 8.97. The number of hydrogen-bond acceptors (Lipinski definition) is 5. The lowest BCUT2D eigenvalue weighted by Crippen LogP contribution is -2.28. The van der Waals surface area contributed by atoms with Gasteiger partial charge in [0.1, 0.15) is 10.7 Å². The lowest BCUT2D eigenvalue weighted by Gasteiger charge is -2.21. The molecule has 0 radical (unpaired) electrons. The number of amides is 1. The number of aromatic amines is 1. The van der Waals surface area contributed by atoms with Gasteiger partial charge < -0.3 is 10.3 Å². The predicted molar refractivity (Wildman–Crippen MR) is 120 cm³/mol. The molecule has 0 saturated heterocycles. The number of hydrogen-bond donors (Lipinski definition) is 2. The normalized spacial score (nSPS) is 25.4. The van der Waals surface area contributed by atoms with Crippen molar-refractivity contribution in [1.82, 2.24) is 15.3 Å². The lowest BCUT2D eigenvalue weighted by molar-refractivity contribution is -0.118. The molecule has 29 heavy (non-hydrogen) atoms. The van der Waals surface area contributed by atoms with E-state index in [2.05, 4.69) is 15.3 Å². The number of aromatic nitrogens is 2. The molecule has 2 fully saturated rings. The van der Waals surface area contributed by atoms with E-state index >= 15 is 0 Å². The zero-order valence-electron chi connectivity index (χ0n) is 16.8. The monoisotopic (exact) mass is 431 g/mol. The van der Waals surface area contributed by atoms with Crippen molar-refractivity contribution < 1.29 is 4.79 Å². The first-order valence-electron chi connectivity index (χ1n) is 11.0. The van der Waals surface area contributed by atoms with Gasteiger partial charge in [-0.3, -0.25) is 9.59 Å². The zero-order valence-corrected chi connectivity index (χ0v) is 18.4. The highest BCUT2D eigenvalue weighted by Gasteiger charge is 2.38. The molecule has 2 aromatic rings. The van der Waals surface area contributed by atoms with E-state index in [1.54, 1.807) is 11.3 Å². The molecule has 7 heteroatoms. The summed E-state index contributed by atoms with van der Waals surface area (Å²) in [6.07, 6.45) is 11.2. The van der Waals surface area contributed by atoms with Crippen LogP contribution in [0.3, 0.4) is 0 Å². The molecule has 3 aliphatic rings. The van der Waals surface area contributed by atoms with Crippen LogP contribution >= 0.6 is 23.1 Å². The summed E-state index contributed by atoms with van der Waals surface area (Å²) in [5.74, 6) is 4.48. The Balaban J connectivity index is 1.10. The Hall–Kier alpha value is -1.34. The summed E-state index contributed by atoms with van der Waals surface area (Å²) < 4.78 is 0. The third kappa shape index (κ3) is 4.13. The Kier molecular flexibility index (Phi) is 5.69. The third-order valence-corrected chi connectivity index (χ3v) is 9.20. The summed E-state index contributed by atoms with van der Waals surface area (Å²) in [5.41, 5.74) is 1.21. The minimum atomic E-state index is -0.0136. The fourth-order valence-electron chi connectivity index (χ4n) is 5.70. The van der Waals surface area contributed by atoms with Crippen LogP contribution in [0.15, 0.2) is 4.79 Å². The summed E-state index contributed by atoms with van der Waals surface area (Å²) >= 11 is 3.20. The molecule has 2 saturated carbocycles. The Labute approximate surface area is 179 Å². The maximum absolute atomic E-state index is 12.6. The molecular formula is C22H29N3O2S2. The van der Waals surface area contributed by atoms with E-state index in [1.807, 2.05) is 0 Å². The van der Waals surface area contributed by atoms with E-state index in [1.165, 1.54) is 54.3 Å². The zero-order chi connectivity index (χ0) is 19.8. The van der Waals surface area contributed by atoms with Crippen LogP contribution in [-0.4, -0.2) is 28.2 Å². The molecule has 3 atom stereocenters. The molecule has 5 rings (SSSR count). The van der Waals surface area contributed by atoms with Crippen molar-refractivity contribution in [2.45, 2.75) is 63.5 Å². The van der Waals surface area contributed by atoms with Crippen LogP contribution in [-0.2, 0) is 23.4 Å². The van der Waals surface area contributed by atoms with Gasteiger partial charge in [-0.15, -0.1) is 23.1 Å². The fraction of sp³-hybridized carbons (Fsp3) is 0.682. The smallest absolute Gasteiger partial charge is 0.259 e. The van der Waals surface area contributed by atoms with E-state index in [4.69, 9.17) is 0 Å². The van der Waals surface area contributed by atoms with Gasteiger partial charge >= 0.3 is 0 Å². The molecule has 0 aliphatic heterocycles. The van der Waals surface area contributed by atoms with Crippen molar-refractivity contribution in [3.8, 4) is 0 Å². The molecule has 0 spiro atoms. The highest BCUT2D eigenvalue weighted by Crippen LogP contribution is 2.49. The average Bonchev–Trinajstić information content (AvgIpc) is 3.41. The number of thioether (sulfide) groups is 1. The molecule has 3 unspecified atom stereocenters. The van der Waals surface area contributed by atoms with Crippen LogP contribution in [0, 0.1) is 17.8 Å². The highest BCUT2D eigenvalue weighted by molar-refractivity contribution is 7.99. The summed E-state index contributed by atoms with van der Waals surface area (Å²) in [6.45, 7) is 0.801. The molecule has 0 aromatic carbocycles. The van der Waals surface area contributed by atoms with Crippen molar-refractivity contribution in [1.29, 1.82) is 0 Å². The van der Waals surface area contributed by atoms with Gasteiger partial charge in [-0.1, -0.05) is 6.42 Å². The van der Waals surface area contributed by atoms with Gasteiger partial charge in [-0.05, 0) is 74.7 Å². The third-order valence-electron chi connectivity index (χ3n) is 7.07. The Morgan fingerprint density at radius 2 is 2.14 bits per heavy atom. The van der Waals surface area contributed by atoms with Crippen LogP contribution in [0.25, 0.3) is 10.2 Å². The molecule has 3 aliphatic carbocycles. The van der Waals surface area contributed by atoms with Gasteiger partial charge in [0, 0.05) is 11.4 Å². The molecule has 156 valence electrons. The maximum atomic E-state index is 12.6. The minimum Gasteiger partial charge on any atom is -0.355 e. The summed E-state index contributed by atoms with van der Waals surface area (Å²) in [6, 6.07) is 0. The van der Waals surface area contributed by atoms with Crippen molar-refractivity contribution in [3.63, 3.8) is 0 Å². The molecule has 1 amide bonds. The average molecular weight is 432 g/mol. The van der Waals surface area contributed by atoms with Crippen LogP contribution in [0.5, 0.6) is 0 Å². The number of nitrogens with zero attached hydrogens (tertiary/aromatic N) is 1. The lowest BCUT2D eigenvalue weighted by atomic mass is 9.86. The Morgan fingerprint density at radius 3 is 2.97 bits per heavy atom. The van der Waals surface area contributed by atoms with Gasteiger partial charge in [0.2, 0.25) is 5.91 Å². The van der Waals surface area contributed by atoms with E-state index < -0.39 is 0 Å². The van der Waals surface area contributed by atoms with Gasteiger partial charge in [0.25, 0.3) is 5.56 Å². The van der Waals surface area contributed by atoms with Crippen LogP contribution in [0.4, 0.5) is 0 Å². The van der Waals surface area contributed by atoms with Gasteiger partial charge in [0.15, 0.2) is 0 Å². The highest BCUT2D eigenvalue weighted by atomic mass is 32.2. The fourth-order valence-corrected chi connectivity index (χ4v) is 7.70. The molecule has 2 N–H and O–H groups in total. The number of thiophene rings is 1. The van der Waals surface area contributed by atoms with Crippen LogP contribution in [0.1, 0.15) is 61.2 Å². The number of H-pyrrole nitrogens is 1. The largest absolute Gasteiger partial charge is 0.355 e. The molecule has 2 aromatic heterocycles. The van der Waals surface area contributed by atoms with E-state index in [0.717, 1.165) is 60.2 Å². The number of carbonyl (C=O) groups excluding carboxylic acids is 1. The quantitative estimate of drug-likeness (QED) is 0.694. The first-order chi connectivity index (χ1) is 14.2. The summed E-state index contributed by atoms with van der Waals surface area (Å²) in [5, 5.41) is 3.88. The number of fused-ring (bicyclic) bond motifs is 5. The Bertz CT molecular complexity index is 967. The van der Waals surface area contributed by atoms with E-state index in [0.29, 0.717) is 17.3 Å². The van der Waals surface area contributed by atoms with Crippen LogP contribution in [0.2, 0.25) is 0 Å². The molecule has 5 nitrogen and oxygen atoms in total. The van der Waals surface area contributed by atoms with Gasteiger partial charge in [-0.25, -0.2) is 4.98 Å². The second-order valence-corrected chi connectivity index (χ2v) is 11.0. The number of aryl methyl sites for hydroxylation is 2. The second kappa shape index (κ2) is 8.42. The number of nitrogens with one attached hydrogen (secondary N) is 2.